The normalized spacial score (nSPS) is 15.9. The van der Waals surface area contributed by atoms with Crippen LogP contribution in [-0.4, -0.2) is 61.9 Å². The van der Waals surface area contributed by atoms with Crippen molar-refractivity contribution in [1.29, 1.82) is 0 Å². The highest BCUT2D eigenvalue weighted by molar-refractivity contribution is 5.62. The van der Waals surface area contributed by atoms with Gasteiger partial charge in [0.15, 0.2) is 0 Å². The highest BCUT2D eigenvalue weighted by atomic mass is 15.2. The maximum atomic E-state index is 4.07. The van der Waals surface area contributed by atoms with Crippen LogP contribution in [0.25, 0.3) is 11.1 Å². The van der Waals surface area contributed by atoms with Crippen molar-refractivity contribution in [3.8, 4) is 11.1 Å². The molecule has 4 rings (SSSR count). The lowest BCUT2D eigenvalue weighted by Crippen LogP contribution is -2.44. The molecule has 0 spiro atoms. The Kier molecular flexibility index (Phi) is 7.39. The second-order valence-electron chi connectivity index (χ2n) is 8.72. The lowest BCUT2D eigenvalue weighted by molar-refractivity contribution is 0.313. The van der Waals surface area contributed by atoms with E-state index in [0.717, 1.165) is 44.7 Å². The number of rotatable bonds is 9. The van der Waals surface area contributed by atoms with Crippen molar-refractivity contribution >= 4 is 5.69 Å². The van der Waals surface area contributed by atoms with Crippen LogP contribution in [0.3, 0.4) is 0 Å². The van der Waals surface area contributed by atoms with Crippen LogP contribution in [0.2, 0.25) is 0 Å². The number of likely N-dealkylation sites (N-methyl/N-ethyl adjacent to an activating group) is 1. The monoisotopic (exact) mass is 417 g/mol. The molecule has 5 heteroatoms. The number of aromatic amines is 1. The summed E-state index contributed by atoms with van der Waals surface area (Å²) in [5.41, 5.74) is 6.58. The summed E-state index contributed by atoms with van der Waals surface area (Å²) in [5, 5.41) is 10.3. The third-order valence-corrected chi connectivity index (χ3v) is 6.45. The molecule has 164 valence electrons. The van der Waals surface area contributed by atoms with Gasteiger partial charge in [-0.1, -0.05) is 36.4 Å². The Morgan fingerprint density at radius 1 is 1.03 bits per heavy atom. The zero-order valence-electron chi connectivity index (χ0n) is 18.8. The number of anilines is 1. The van der Waals surface area contributed by atoms with Crippen LogP contribution in [0.5, 0.6) is 0 Å². The first kappa shape index (κ1) is 21.6. The minimum Gasteiger partial charge on any atom is -0.369 e. The van der Waals surface area contributed by atoms with E-state index in [4.69, 9.17) is 0 Å². The fourth-order valence-electron chi connectivity index (χ4n) is 4.50. The van der Waals surface area contributed by atoms with Crippen molar-refractivity contribution in [2.45, 2.75) is 25.2 Å². The first-order valence-corrected chi connectivity index (χ1v) is 11.5. The summed E-state index contributed by atoms with van der Waals surface area (Å²) >= 11 is 0. The molecule has 2 heterocycles. The molecule has 31 heavy (non-hydrogen) atoms. The number of H-pyrrole nitrogens is 1. The molecule has 1 atom stereocenters. The van der Waals surface area contributed by atoms with Gasteiger partial charge >= 0.3 is 0 Å². The highest BCUT2D eigenvalue weighted by Gasteiger charge is 2.17. The topological polar surface area (TPSA) is 47.2 Å². The van der Waals surface area contributed by atoms with E-state index in [2.05, 4.69) is 80.9 Å². The Morgan fingerprint density at radius 2 is 1.84 bits per heavy atom. The van der Waals surface area contributed by atoms with Crippen LogP contribution in [0, 0.1) is 0 Å². The van der Waals surface area contributed by atoms with E-state index < -0.39 is 0 Å². The molecule has 1 unspecified atom stereocenters. The minimum absolute atomic E-state index is 0.523. The molecular formula is C26H35N5. The Morgan fingerprint density at radius 3 is 2.55 bits per heavy atom. The molecule has 1 aliphatic heterocycles. The van der Waals surface area contributed by atoms with Gasteiger partial charge in [0.1, 0.15) is 0 Å². The SMILES string of the molecule is CNCCCC(Cc1cccc(N2CCN(C)CC2)c1)c1ccc(-c2cn[nH]c2)cc1. The molecule has 0 bridgehead atoms. The minimum atomic E-state index is 0.523. The van der Waals surface area contributed by atoms with Gasteiger partial charge in [0.25, 0.3) is 0 Å². The summed E-state index contributed by atoms with van der Waals surface area (Å²) in [6, 6.07) is 18.3. The molecule has 0 amide bonds. The Balaban J connectivity index is 1.49. The van der Waals surface area contributed by atoms with E-state index in [1.165, 1.54) is 35.2 Å². The maximum Gasteiger partial charge on any atom is 0.0565 e. The van der Waals surface area contributed by atoms with E-state index in [9.17, 15) is 0 Å². The lowest BCUT2D eigenvalue weighted by Gasteiger charge is -2.34. The predicted octanol–water partition coefficient (Wildman–Crippen LogP) is 4.15. The standard InChI is InChI=1S/C26H35N5/c1-27-12-4-6-24(22-8-10-23(11-9-22)25-19-28-29-20-25)17-21-5-3-7-26(18-21)31-15-13-30(2)14-16-31/h3,5,7-11,18-20,24,27H,4,6,12-17H2,1-2H3,(H,28,29). The summed E-state index contributed by atoms with van der Waals surface area (Å²) in [6.07, 6.45) is 7.27. The van der Waals surface area contributed by atoms with E-state index in [1.54, 1.807) is 0 Å². The molecule has 2 N–H and O–H groups in total. The molecule has 2 aromatic carbocycles. The fourth-order valence-corrected chi connectivity index (χ4v) is 4.50. The van der Waals surface area contributed by atoms with Gasteiger partial charge in [-0.25, -0.2) is 0 Å². The number of piperazine rings is 1. The summed E-state index contributed by atoms with van der Waals surface area (Å²) in [5.74, 6) is 0.523. The zero-order valence-corrected chi connectivity index (χ0v) is 18.8. The Hall–Kier alpha value is -2.63. The summed E-state index contributed by atoms with van der Waals surface area (Å²) < 4.78 is 0. The van der Waals surface area contributed by atoms with Crippen molar-refractivity contribution in [3.05, 3.63) is 72.1 Å². The average molecular weight is 418 g/mol. The van der Waals surface area contributed by atoms with Gasteiger partial charge in [0.2, 0.25) is 0 Å². The maximum absolute atomic E-state index is 4.07. The van der Waals surface area contributed by atoms with Gasteiger partial charge in [0, 0.05) is 43.6 Å². The quantitative estimate of drug-likeness (QED) is 0.514. The van der Waals surface area contributed by atoms with Crippen LogP contribution in [0.4, 0.5) is 5.69 Å². The fraction of sp³-hybridized carbons (Fsp3) is 0.423. The van der Waals surface area contributed by atoms with Crippen LogP contribution in [-0.2, 0) is 6.42 Å². The summed E-state index contributed by atoms with van der Waals surface area (Å²) in [7, 11) is 4.25. The Labute approximate surface area is 186 Å². The molecule has 5 nitrogen and oxygen atoms in total. The second kappa shape index (κ2) is 10.6. The smallest absolute Gasteiger partial charge is 0.0565 e. The van der Waals surface area contributed by atoms with Gasteiger partial charge in [-0.15, -0.1) is 0 Å². The van der Waals surface area contributed by atoms with Gasteiger partial charge in [-0.2, -0.15) is 5.10 Å². The summed E-state index contributed by atoms with van der Waals surface area (Å²) in [4.78, 5) is 4.94. The van der Waals surface area contributed by atoms with Gasteiger partial charge in [-0.05, 0) is 74.6 Å². The summed E-state index contributed by atoms with van der Waals surface area (Å²) in [6.45, 7) is 5.56. The average Bonchev–Trinajstić information content (AvgIpc) is 3.34. The molecule has 0 radical (unpaired) electrons. The van der Waals surface area contributed by atoms with Crippen LogP contribution < -0.4 is 10.2 Å². The zero-order chi connectivity index (χ0) is 21.5. The van der Waals surface area contributed by atoms with Crippen molar-refractivity contribution in [2.24, 2.45) is 0 Å². The molecular weight excluding hydrogens is 382 g/mol. The molecule has 3 aromatic rings. The largest absolute Gasteiger partial charge is 0.369 e. The van der Waals surface area contributed by atoms with Gasteiger partial charge in [-0.3, -0.25) is 5.10 Å². The molecule has 1 fully saturated rings. The third kappa shape index (κ3) is 5.75. The molecule has 1 aromatic heterocycles. The number of hydrogen-bond acceptors (Lipinski definition) is 4. The van der Waals surface area contributed by atoms with E-state index in [0.29, 0.717) is 5.92 Å². The van der Waals surface area contributed by atoms with Crippen molar-refractivity contribution in [2.75, 3.05) is 51.7 Å². The van der Waals surface area contributed by atoms with Crippen molar-refractivity contribution < 1.29 is 0 Å². The van der Waals surface area contributed by atoms with Gasteiger partial charge in [0.05, 0.1) is 6.20 Å². The molecule has 1 aliphatic rings. The van der Waals surface area contributed by atoms with Crippen molar-refractivity contribution in [1.82, 2.24) is 20.4 Å². The van der Waals surface area contributed by atoms with E-state index in [-0.39, 0.29) is 0 Å². The number of aromatic nitrogens is 2. The van der Waals surface area contributed by atoms with Gasteiger partial charge < -0.3 is 15.1 Å². The first-order chi connectivity index (χ1) is 15.2. The molecule has 0 saturated carbocycles. The predicted molar refractivity (Wildman–Crippen MR) is 130 cm³/mol. The number of nitrogens with zero attached hydrogens (tertiary/aromatic N) is 3. The first-order valence-electron chi connectivity index (χ1n) is 11.5. The lowest BCUT2D eigenvalue weighted by atomic mass is 9.87. The van der Waals surface area contributed by atoms with Crippen LogP contribution in [0.15, 0.2) is 60.9 Å². The van der Waals surface area contributed by atoms with Crippen LogP contribution >= 0.6 is 0 Å². The molecule has 1 saturated heterocycles. The van der Waals surface area contributed by atoms with Crippen LogP contribution in [0.1, 0.15) is 29.9 Å². The second-order valence-corrected chi connectivity index (χ2v) is 8.72. The molecule has 0 aliphatic carbocycles. The van der Waals surface area contributed by atoms with E-state index in [1.807, 2.05) is 19.4 Å². The number of benzene rings is 2. The highest BCUT2D eigenvalue weighted by Crippen LogP contribution is 2.29. The number of nitrogens with one attached hydrogen (secondary N) is 2. The van der Waals surface area contributed by atoms with Crippen molar-refractivity contribution in [3.63, 3.8) is 0 Å². The number of hydrogen-bond donors (Lipinski definition) is 2. The van der Waals surface area contributed by atoms with E-state index >= 15 is 0 Å². The Bertz CT molecular complexity index is 911. The third-order valence-electron chi connectivity index (χ3n) is 6.45.